The predicted octanol–water partition coefficient (Wildman–Crippen LogP) is 4.46. The Hall–Kier alpha value is -2.74. The number of rotatable bonds is 9. The second-order valence-electron chi connectivity index (χ2n) is 7.98. The first-order valence-corrected chi connectivity index (χ1v) is 11.4. The number of anilines is 1. The van der Waals surface area contributed by atoms with Gasteiger partial charge in [0.15, 0.2) is 0 Å². The first-order valence-electron chi connectivity index (χ1n) is 9.74. The summed E-state index contributed by atoms with van der Waals surface area (Å²) < 4.78 is 38.3. The smallest absolute Gasteiger partial charge is 0.407 e. The number of aryl methyl sites for hydroxylation is 1. The van der Waals surface area contributed by atoms with Crippen LogP contribution in [0.4, 0.5) is 10.5 Å². The molecule has 2 N–H and O–H groups in total. The third kappa shape index (κ3) is 8.73. The van der Waals surface area contributed by atoms with E-state index in [1.54, 1.807) is 52.1 Å². The molecule has 0 heterocycles. The van der Waals surface area contributed by atoms with E-state index in [1.807, 2.05) is 30.3 Å². The highest BCUT2D eigenvalue weighted by Crippen LogP contribution is 2.17. The lowest BCUT2D eigenvalue weighted by Crippen LogP contribution is -2.43. The van der Waals surface area contributed by atoms with E-state index in [4.69, 9.17) is 9.47 Å². The Morgan fingerprint density at radius 3 is 2.27 bits per heavy atom. The van der Waals surface area contributed by atoms with E-state index < -0.39 is 27.8 Å². The molecular weight excluding hydrogens is 404 g/mol. The summed E-state index contributed by atoms with van der Waals surface area (Å²) >= 11 is 0. The fourth-order valence-corrected chi connectivity index (χ4v) is 4.16. The van der Waals surface area contributed by atoms with E-state index in [0.717, 1.165) is 5.56 Å². The van der Waals surface area contributed by atoms with Gasteiger partial charge in [-0.3, -0.25) is 4.72 Å². The summed E-state index contributed by atoms with van der Waals surface area (Å²) in [7, 11) is -2.17. The van der Waals surface area contributed by atoms with Gasteiger partial charge in [0.25, 0.3) is 0 Å². The van der Waals surface area contributed by atoms with Crippen LogP contribution in [0.2, 0.25) is 0 Å². The number of alkyl carbamates (subject to hydrolysis) is 1. The van der Waals surface area contributed by atoms with Crippen molar-refractivity contribution >= 4 is 21.8 Å². The van der Waals surface area contributed by atoms with E-state index >= 15 is 0 Å². The zero-order chi connectivity index (χ0) is 22.2. The monoisotopic (exact) mass is 438 g/mol. The Kier molecular flexibility index (Phi) is 8.11. The van der Waals surface area contributed by atoms with Crippen molar-refractivity contribution in [1.82, 2.24) is 5.32 Å². The number of carbonyl (C=O) groups excluding carboxylic acids is 1. The second-order valence-corrected chi connectivity index (χ2v) is 9.75. The Morgan fingerprint density at radius 2 is 1.70 bits per heavy atom. The highest BCUT2D eigenvalue weighted by atomic mass is 32.2. The molecule has 0 saturated carbocycles. The molecule has 8 heteroatoms. The highest BCUT2D eigenvalue weighted by molar-refractivity contribution is 7.92. The highest BCUT2D eigenvalue weighted by Gasteiger charge is 2.24. The van der Waals surface area contributed by atoms with Crippen LogP contribution in [0.3, 0.4) is 0 Å². The molecule has 0 saturated heterocycles. The molecule has 1 amide bonds. The van der Waals surface area contributed by atoms with Crippen LogP contribution in [0.15, 0.2) is 54.6 Å². The average molecular weight is 439 g/mol. The Labute approximate surface area is 181 Å². The molecule has 2 aromatic carbocycles. The third-order valence-corrected chi connectivity index (χ3v) is 5.52. The Morgan fingerprint density at radius 1 is 1.07 bits per heavy atom. The van der Waals surface area contributed by atoms with Gasteiger partial charge in [-0.1, -0.05) is 30.3 Å². The van der Waals surface area contributed by atoms with Gasteiger partial charge in [0.2, 0.25) is 10.0 Å². The van der Waals surface area contributed by atoms with Crippen molar-refractivity contribution in [3.8, 4) is 5.75 Å². The number of ether oxygens (including phenoxy) is 2. The maximum absolute atomic E-state index is 12.7. The fourth-order valence-electron chi connectivity index (χ4n) is 2.80. The summed E-state index contributed by atoms with van der Waals surface area (Å²) in [6.45, 7) is 5.27. The minimum Gasteiger partial charge on any atom is -0.497 e. The van der Waals surface area contributed by atoms with Crippen molar-refractivity contribution in [2.45, 2.75) is 45.3 Å². The number of hydrogen-bond donors (Lipinski definition) is 2. The molecule has 0 spiro atoms. The largest absolute Gasteiger partial charge is 0.497 e. The standard InChI is InChI=1S/C22H30N2O5S.2H2/c1-22(2,3)29-21(25)23-19(11-10-17-8-6-5-7-9-17)16-30(26,27)24-18-12-14-20(28-4)15-13-18;;/h5-9,12-15,19,24H,10-11,16H2,1-4H3,(H,23,25);2*1H/t19-;;/m0../s1. The Balaban J connectivity index is 0.00000480. The van der Waals surface area contributed by atoms with Crippen molar-refractivity contribution in [3.05, 3.63) is 60.2 Å². The maximum Gasteiger partial charge on any atom is 0.407 e. The normalized spacial score (nSPS) is 12.7. The lowest BCUT2D eigenvalue weighted by Gasteiger charge is -2.24. The zero-order valence-electron chi connectivity index (χ0n) is 17.8. The van der Waals surface area contributed by atoms with Crippen LogP contribution in [0, 0.1) is 0 Å². The van der Waals surface area contributed by atoms with Gasteiger partial charge in [-0.05, 0) is 63.4 Å². The summed E-state index contributed by atoms with van der Waals surface area (Å²) in [5.74, 6) is 0.357. The summed E-state index contributed by atoms with van der Waals surface area (Å²) in [5.41, 5.74) is 0.817. The summed E-state index contributed by atoms with van der Waals surface area (Å²) in [4.78, 5) is 12.2. The molecule has 7 nitrogen and oxygen atoms in total. The minimum atomic E-state index is -3.71. The summed E-state index contributed by atoms with van der Waals surface area (Å²) in [6, 6.07) is 15.7. The van der Waals surface area contributed by atoms with Gasteiger partial charge >= 0.3 is 6.09 Å². The lowest BCUT2D eigenvalue weighted by molar-refractivity contribution is 0.0507. The molecule has 30 heavy (non-hydrogen) atoms. The van der Waals surface area contributed by atoms with E-state index in [-0.39, 0.29) is 8.61 Å². The minimum absolute atomic E-state index is 0. The van der Waals surface area contributed by atoms with Gasteiger partial charge in [-0.25, -0.2) is 13.2 Å². The van der Waals surface area contributed by atoms with Gasteiger partial charge in [0.05, 0.1) is 12.9 Å². The number of methoxy groups -OCH3 is 1. The molecule has 0 fully saturated rings. The molecule has 0 radical (unpaired) electrons. The number of nitrogens with one attached hydrogen (secondary N) is 2. The molecule has 0 bridgehead atoms. The number of sulfonamides is 1. The number of benzene rings is 2. The van der Waals surface area contributed by atoms with Crippen LogP contribution in [-0.2, 0) is 21.2 Å². The molecule has 2 aromatic rings. The first kappa shape index (κ1) is 23.5. The summed E-state index contributed by atoms with van der Waals surface area (Å²) in [5, 5.41) is 2.70. The number of carbonyl (C=O) groups is 1. The van der Waals surface area contributed by atoms with E-state index in [0.29, 0.717) is 24.3 Å². The van der Waals surface area contributed by atoms with Crippen LogP contribution in [0.5, 0.6) is 5.75 Å². The molecule has 0 aliphatic rings. The van der Waals surface area contributed by atoms with E-state index in [9.17, 15) is 13.2 Å². The van der Waals surface area contributed by atoms with Gasteiger partial charge in [-0.2, -0.15) is 0 Å². The maximum atomic E-state index is 12.7. The fraction of sp³-hybridized carbons (Fsp3) is 0.409. The molecule has 0 unspecified atom stereocenters. The number of hydrogen-bond acceptors (Lipinski definition) is 5. The summed E-state index contributed by atoms with van der Waals surface area (Å²) in [6.07, 6.45) is 0.437. The van der Waals surface area contributed by atoms with Crippen molar-refractivity contribution in [3.63, 3.8) is 0 Å². The molecule has 1 atom stereocenters. The van der Waals surface area contributed by atoms with E-state index in [1.165, 1.54) is 0 Å². The van der Waals surface area contributed by atoms with Crippen molar-refractivity contribution in [2.24, 2.45) is 0 Å². The molecular formula is C22H34N2O5S. The van der Waals surface area contributed by atoms with Crippen molar-refractivity contribution < 1.29 is 25.5 Å². The van der Waals surface area contributed by atoms with Gasteiger partial charge in [0.1, 0.15) is 11.4 Å². The number of amides is 1. The molecule has 0 aliphatic carbocycles. The first-order chi connectivity index (χ1) is 14.1. The van der Waals surface area contributed by atoms with Crippen molar-refractivity contribution in [1.29, 1.82) is 0 Å². The average Bonchev–Trinajstić information content (AvgIpc) is 2.65. The van der Waals surface area contributed by atoms with Crippen LogP contribution in [-0.4, -0.2) is 39.0 Å². The van der Waals surface area contributed by atoms with Gasteiger partial charge < -0.3 is 14.8 Å². The quantitative estimate of drug-likeness (QED) is 0.603. The van der Waals surface area contributed by atoms with Gasteiger partial charge in [-0.15, -0.1) is 0 Å². The van der Waals surface area contributed by atoms with Gasteiger partial charge in [0, 0.05) is 14.6 Å². The Bertz CT molecular complexity index is 918. The second kappa shape index (κ2) is 10.3. The van der Waals surface area contributed by atoms with Crippen LogP contribution < -0.4 is 14.8 Å². The topological polar surface area (TPSA) is 93.7 Å². The van der Waals surface area contributed by atoms with Crippen LogP contribution >= 0.6 is 0 Å². The molecule has 0 aliphatic heterocycles. The molecule has 0 aromatic heterocycles. The SMILES string of the molecule is COc1ccc(NS(=O)(=O)C[C@H](CCc2ccccc2)NC(=O)OC(C)(C)C)cc1.[HH].[HH]. The van der Waals surface area contributed by atoms with Crippen LogP contribution in [0.1, 0.15) is 35.6 Å². The molecule has 168 valence electrons. The predicted molar refractivity (Wildman–Crippen MR) is 123 cm³/mol. The lowest BCUT2D eigenvalue weighted by atomic mass is 10.1. The molecule has 2 rings (SSSR count). The zero-order valence-corrected chi connectivity index (χ0v) is 18.7. The van der Waals surface area contributed by atoms with E-state index in [2.05, 4.69) is 10.0 Å². The van der Waals surface area contributed by atoms with Crippen molar-refractivity contribution in [2.75, 3.05) is 17.6 Å². The third-order valence-electron chi connectivity index (χ3n) is 4.13. The van der Waals surface area contributed by atoms with Crippen LogP contribution in [0.25, 0.3) is 0 Å².